The first-order valence-corrected chi connectivity index (χ1v) is 12.1. The Bertz CT molecular complexity index is 1660. The summed E-state index contributed by atoms with van der Waals surface area (Å²) < 4.78 is 13.3. The molecule has 0 saturated carbocycles. The lowest BCUT2D eigenvalue weighted by Gasteiger charge is -2.26. The maximum Gasteiger partial charge on any atom is 0.338 e. The van der Waals surface area contributed by atoms with Gasteiger partial charge in [-0.2, -0.15) is 0 Å². The van der Waals surface area contributed by atoms with Gasteiger partial charge in [0.05, 0.1) is 29.0 Å². The Labute approximate surface area is 205 Å². The average molecular weight is 488 g/mol. The van der Waals surface area contributed by atoms with Crippen molar-refractivity contribution in [1.82, 2.24) is 9.55 Å². The van der Waals surface area contributed by atoms with Crippen LogP contribution in [0, 0.1) is 0 Å². The quantitative estimate of drug-likeness (QED) is 0.435. The van der Waals surface area contributed by atoms with Crippen LogP contribution in [-0.2, 0) is 9.53 Å². The molecule has 1 aliphatic rings. The van der Waals surface area contributed by atoms with E-state index in [2.05, 4.69) is 9.98 Å². The summed E-state index contributed by atoms with van der Waals surface area (Å²) in [5, 5.41) is 1.02. The molecule has 1 unspecified atom stereocenters. The number of thiazole rings is 1. The zero-order chi connectivity index (χ0) is 24.7. The minimum absolute atomic E-state index is 0.0829. The molecule has 0 aliphatic carbocycles. The third-order valence-corrected chi connectivity index (χ3v) is 6.89. The van der Waals surface area contributed by atoms with E-state index in [4.69, 9.17) is 9.47 Å². The van der Waals surface area contributed by atoms with Crippen LogP contribution >= 0.6 is 11.3 Å². The summed E-state index contributed by atoms with van der Waals surface area (Å²) in [6.07, 6.45) is 3.67. The summed E-state index contributed by atoms with van der Waals surface area (Å²) in [7, 11) is 1.33. The van der Waals surface area contributed by atoms with Crippen LogP contribution in [0.2, 0.25) is 0 Å². The molecule has 0 bridgehead atoms. The van der Waals surface area contributed by atoms with E-state index in [1.165, 1.54) is 18.4 Å². The summed E-state index contributed by atoms with van der Waals surface area (Å²) in [6, 6.07) is 14.7. The predicted molar refractivity (Wildman–Crippen MR) is 136 cm³/mol. The number of allylic oxidation sites excluding steroid dienone is 1. The fourth-order valence-electron chi connectivity index (χ4n) is 4.41. The fraction of sp³-hybridized carbons (Fsp3) is 0.222. The highest BCUT2D eigenvalue weighted by Crippen LogP contribution is 2.36. The number of benzene rings is 2. The number of ether oxygens (including phenoxy) is 2. The van der Waals surface area contributed by atoms with Crippen molar-refractivity contribution < 1.29 is 14.3 Å². The van der Waals surface area contributed by atoms with E-state index >= 15 is 0 Å². The molecule has 1 atom stereocenters. The molecule has 0 spiro atoms. The SMILES string of the molecule is COC(=O)C1=C(C)N=c2s/c(=C\c3c[nH]c4ccccc34)c(=O)n2C1c1ccccc1OC(C)C. The monoisotopic (exact) mass is 487 g/mol. The van der Waals surface area contributed by atoms with Crippen LogP contribution in [0.3, 0.4) is 0 Å². The number of esters is 1. The van der Waals surface area contributed by atoms with Crippen LogP contribution in [0.1, 0.15) is 37.9 Å². The zero-order valence-electron chi connectivity index (χ0n) is 19.9. The zero-order valence-corrected chi connectivity index (χ0v) is 20.7. The minimum Gasteiger partial charge on any atom is -0.491 e. The van der Waals surface area contributed by atoms with E-state index < -0.39 is 12.0 Å². The largest absolute Gasteiger partial charge is 0.491 e. The van der Waals surface area contributed by atoms with Crippen LogP contribution in [0.5, 0.6) is 5.75 Å². The van der Waals surface area contributed by atoms with Crippen molar-refractivity contribution in [2.45, 2.75) is 32.9 Å². The molecule has 8 heteroatoms. The smallest absolute Gasteiger partial charge is 0.338 e. The lowest BCUT2D eigenvalue weighted by atomic mass is 9.95. The van der Waals surface area contributed by atoms with Crippen molar-refractivity contribution in [1.29, 1.82) is 0 Å². The first kappa shape index (κ1) is 22.9. The Balaban J connectivity index is 1.77. The van der Waals surface area contributed by atoms with Gasteiger partial charge in [0.2, 0.25) is 0 Å². The Morgan fingerprint density at radius 3 is 2.69 bits per heavy atom. The molecule has 7 nitrogen and oxygen atoms in total. The van der Waals surface area contributed by atoms with Crippen LogP contribution in [0.15, 0.2) is 75.8 Å². The van der Waals surface area contributed by atoms with E-state index in [-0.39, 0.29) is 11.7 Å². The number of rotatable bonds is 5. The Hall–Kier alpha value is -3.91. The van der Waals surface area contributed by atoms with E-state index in [9.17, 15) is 9.59 Å². The maximum atomic E-state index is 13.8. The molecule has 1 N–H and O–H groups in total. The van der Waals surface area contributed by atoms with Gasteiger partial charge in [0.25, 0.3) is 5.56 Å². The third-order valence-electron chi connectivity index (χ3n) is 5.91. The maximum absolute atomic E-state index is 13.8. The minimum atomic E-state index is -0.723. The molecule has 0 saturated heterocycles. The van der Waals surface area contributed by atoms with Gasteiger partial charge in [0.1, 0.15) is 11.8 Å². The molecule has 3 heterocycles. The van der Waals surface area contributed by atoms with Gasteiger partial charge in [-0.1, -0.05) is 47.7 Å². The third kappa shape index (κ3) is 4.00. The number of hydrogen-bond acceptors (Lipinski definition) is 6. The molecule has 35 heavy (non-hydrogen) atoms. The number of H-pyrrole nitrogens is 1. The highest BCUT2D eigenvalue weighted by Gasteiger charge is 2.34. The van der Waals surface area contributed by atoms with Crippen LogP contribution in [0.25, 0.3) is 17.0 Å². The van der Waals surface area contributed by atoms with Gasteiger partial charge >= 0.3 is 5.97 Å². The number of aromatic nitrogens is 2. The van der Waals surface area contributed by atoms with Gasteiger partial charge in [0.15, 0.2) is 4.80 Å². The van der Waals surface area contributed by atoms with Gasteiger partial charge in [-0.3, -0.25) is 9.36 Å². The molecular weight excluding hydrogens is 462 g/mol. The van der Waals surface area contributed by atoms with Crippen LogP contribution < -0.4 is 19.6 Å². The second kappa shape index (κ2) is 9.03. The number of nitrogens with zero attached hydrogens (tertiary/aromatic N) is 2. The van der Waals surface area contributed by atoms with E-state index in [1.807, 2.05) is 74.7 Å². The topological polar surface area (TPSA) is 85.7 Å². The number of nitrogens with one attached hydrogen (secondary N) is 1. The molecule has 0 fully saturated rings. The summed E-state index contributed by atoms with van der Waals surface area (Å²) >= 11 is 1.30. The highest BCUT2D eigenvalue weighted by atomic mass is 32.1. The number of methoxy groups -OCH3 is 1. The van der Waals surface area contributed by atoms with Gasteiger partial charge < -0.3 is 14.5 Å². The van der Waals surface area contributed by atoms with Crippen molar-refractivity contribution in [2.75, 3.05) is 7.11 Å². The Morgan fingerprint density at radius 1 is 1.17 bits per heavy atom. The van der Waals surface area contributed by atoms with Crippen molar-refractivity contribution >= 4 is 34.3 Å². The lowest BCUT2D eigenvalue weighted by Crippen LogP contribution is -2.40. The first-order chi connectivity index (χ1) is 16.9. The summed E-state index contributed by atoms with van der Waals surface area (Å²) in [4.78, 5) is 35.1. The number of carbonyl (C=O) groups excluding carboxylic acids is 1. The lowest BCUT2D eigenvalue weighted by molar-refractivity contribution is -0.136. The molecule has 0 radical (unpaired) electrons. The number of hydrogen-bond donors (Lipinski definition) is 1. The first-order valence-electron chi connectivity index (χ1n) is 11.3. The number of aromatic amines is 1. The second-order valence-corrected chi connectivity index (χ2v) is 9.58. The highest BCUT2D eigenvalue weighted by molar-refractivity contribution is 7.07. The summed E-state index contributed by atoms with van der Waals surface area (Å²) in [5.41, 5.74) is 3.22. The summed E-state index contributed by atoms with van der Waals surface area (Å²) in [6.45, 7) is 5.64. The van der Waals surface area contributed by atoms with Gasteiger partial charge in [-0.05, 0) is 39.0 Å². The molecule has 5 rings (SSSR count). The van der Waals surface area contributed by atoms with Gasteiger partial charge in [0, 0.05) is 28.2 Å². The number of fused-ring (bicyclic) bond motifs is 2. The summed E-state index contributed by atoms with van der Waals surface area (Å²) in [5.74, 6) is 0.0799. The van der Waals surface area contributed by atoms with Gasteiger partial charge in [-0.25, -0.2) is 9.79 Å². The van der Waals surface area contributed by atoms with Crippen molar-refractivity contribution in [3.05, 3.63) is 96.8 Å². The predicted octanol–water partition coefficient (Wildman–Crippen LogP) is 3.68. The van der Waals surface area contributed by atoms with E-state index in [0.717, 1.165) is 16.5 Å². The average Bonchev–Trinajstić information content (AvgIpc) is 3.38. The molecule has 4 aromatic rings. The van der Waals surface area contributed by atoms with Crippen molar-refractivity contribution in [3.8, 4) is 5.75 Å². The Morgan fingerprint density at radius 2 is 1.91 bits per heavy atom. The molecule has 2 aromatic heterocycles. The van der Waals surface area contributed by atoms with Crippen molar-refractivity contribution in [2.24, 2.45) is 4.99 Å². The molecule has 2 aromatic carbocycles. The van der Waals surface area contributed by atoms with E-state index in [1.54, 1.807) is 11.5 Å². The standard InChI is InChI=1S/C27H25N3O4S/c1-15(2)34-21-12-8-6-10-19(21)24-23(26(32)33-4)16(3)29-27-30(24)25(31)22(35-27)13-17-14-28-20-11-7-5-9-18(17)20/h5-15,24,28H,1-4H3/b22-13-. The number of carbonyl (C=O) groups is 1. The van der Waals surface area contributed by atoms with Crippen molar-refractivity contribution in [3.63, 3.8) is 0 Å². The van der Waals surface area contributed by atoms with E-state index in [0.29, 0.717) is 31.9 Å². The molecule has 0 amide bonds. The second-order valence-electron chi connectivity index (χ2n) is 8.57. The number of para-hydroxylation sites is 2. The Kier molecular flexibility index (Phi) is 5.90. The van der Waals surface area contributed by atoms with Crippen LogP contribution in [-0.4, -0.2) is 28.7 Å². The van der Waals surface area contributed by atoms with Crippen LogP contribution in [0.4, 0.5) is 0 Å². The van der Waals surface area contributed by atoms with Gasteiger partial charge in [-0.15, -0.1) is 0 Å². The molecular formula is C27H25N3O4S. The molecule has 1 aliphatic heterocycles. The normalized spacial score (nSPS) is 15.9. The fourth-order valence-corrected chi connectivity index (χ4v) is 5.45. The molecule has 178 valence electrons.